The Hall–Kier alpha value is -8.08. The van der Waals surface area contributed by atoms with Crippen LogP contribution in [0.25, 0.3) is 33.4 Å². The lowest BCUT2D eigenvalue weighted by molar-refractivity contribution is 0.359. The van der Waals surface area contributed by atoms with Gasteiger partial charge in [-0.2, -0.15) is 0 Å². The van der Waals surface area contributed by atoms with Crippen molar-refractivity contribution in [2.24, 2.45) is 11.8 Å². The van der Waals surface area contributed by atoms with Crippen LogP contribution >= 0.6 is 0 Å². The van der Waals surface area contributed by atoms with Crippen molar-refractivity contribution in [3.8, 4) is 56.4 Å². The zero-order valence-corrected chi connectivity index (χ0v) is 36.1. The molecule has 5 aliphatic carbocycles. The Labute approximate surface area is 384 Å². The van der Waals surface area contributed by atoms with Crippen molar-refractivity contribution in [1.29, 1.82) is 0 Å². The highest BCUT2D eigenvalue weighted by Gasteiger charge is 2.52. The van der Waals surface area contributed by atoms with Gasteiger partial charge in [0.15, 0.2) is 23.0 Å². The third kappa shape index (κ3) is 4.99. The molecule has 2 heterocycles. The highest BCUT2D eigenvalue weighted by atomic mass is 16.6. The molecule has 1 saturated carbocycles. The third-order valence-corrected chi connectivity index (χ3v) is 15.3. The Morgan fingerprint density at radius 1 is 0.485 bits per heavy atom. The number of hydrogen-bond acceptors (Lipinski definition) is 4. The molecule has 0 bridgehead atoms. The fourth-order valence-electron chi connectivity index (χ4n) is 12.4. The topological polar surface area (TPSA) is 24.9 Å². The first-order valence-electron chi connectivity index (χ1n) is 23.3. The molecule has 4 heteroatoms. The molecule has 0 amide bonds. The quantitative estimate of drug-likeness (QED) is 0.172. The highest BCUT2D eigenvalue weighted by molar-refractivity contribution is 5.96. The van der Waals surface area contributed by atoms with Gasteiger partial charge in [0.25, 0.3) is 0 Å². The maximum absolute atomic E-state index is 7.02. The van der Waals surface area contributed by atoms with Crippen molar-refractivity contribution in [1.82, 2.24) is 0 Å². The SMILES string of the molecule is C1=C[C@@H]2CC2C(N2C3=CC=C(N(c4cccc(-c5ccccc5)c4)c4ccc5c(c4)Oc4cc6c(cc4O5)C4(c5ccccc5-c5ccccc54)c4ccccc4-6)CC3c3ccccc32)=C1. The van der Waals surface area contributed by atoms with Crippen LogP contribution in [0.4, 0.5) is 17.1 Å². The molecule has 1 fully saturated rings. The molecule has 2 unspecified atom stereocenters. The predicted molar refractivity (Wildman–Crippen MR) is 265 cm³/mol. The van der Waals surface area contributed by atoms with E-state index in [-0.39, 0.29) is 5.92 Å². The fourth-order valence-corrected chi connectivity index (χ4v) is 12.4. The molecule has 0 N–H and O–H groups in total. The zero-order valence-electron chi connectivity index (χ0n) is 36.1. The molecule has 0 aromatic heterocycles. The van der Waals surface area contributed by atoms with E-state index in [1.807, 2.05) is 0 Å². The lowest BCUT2D eigenvalue weighted by Gasteiger charge is -2.34. The van der Waals surface area contributed by atoms with E-state index in [0.717, 1.165) is 29.3 Å². The molecule has 4 nitrogen and oxygen atoms in total. The predicted octanol–water partition coefficient (Wildman–Crippen LogP) is 15.6. The molecule has 7 aliphatic rings. The average Bonchev–Trinajstić information content (AvgIpc) is 3.94. The molecule has 1 spiro atoms. The molecular weight excluding hydrogens is 805 g/mol. The zero-order chi connectivity index (χ0) is 43.1. The van der Waals surface area contributed by atoms with Crippen molar-refractivity contribution < 1.29 is 9.47 Å². The second kappa shape index (κ2) is 13.5. The van der Waals surface area contributed by atoms with Gasteiger partial charge in [-0.3, -0.25) is 0 Å². The normalized spacial score (nSPS) is 19.8. The number of benzene rings is 8. The minimum atomic E-state index is -0.458. The molecule has 8 aromatic carbocycles. The van der Waals surface area contributed by atoms with Gasteiger partial charge in [-0.15, -0.1) is 0 Å². The summed E-state index contributed by atoms with van der Waals surface area (Å²) in [7, 11) is 0. The van der Waals surface area contributed by atoms with Crippen molar-refractivity contribution >= 4 is 17.1 Å². The standard InChI is InChI=1S/C62H42N2O2/c1-2-14-38(15-3-1)39-16-12-18-41(32-39)63(42-28-30-57-50(34-42)47-22-7-11-26-55(47)64(57)56-27-13-17-40-33-48(40)56)43-29-31-58-59(35-43)66-60-36-49-46-21-6-10-25-53(46)62(54(49)37-61(60)65-58)51-23-8-4-19-44(51)45-20-5-9-24-52(45)62/h1-32,35-37,40,48,50H,33-34H2/t40-,48?,50?/m1/s1. The first kappa shape index (κ1) is 36.3. The molecule has 66 heavy (non-hydrogen) atoms. The molecule has 15 rings (SSSR count). The van der Waals surface area contributed by atoms with Crippen LogP contribution in [0.1, 0.15) is 46.6 Å². The van der Waals surface area contributed by atoms with E-state index >= 15 is 0 Å². The third-order valence-electron chi connectivity index (χ3n) is 15.3. The maximum Gasteiger partial charge on any atom is 0.172 e. The van der Waals surface area contributed by atoms with Gasteiger partial charge in [0.1, 0.15) is 0 Å². The second-order valence-electron chi connectivity index (χ2n) is 18.7. The first-order chi connectivity index (χ1) is 32.7. The number of ether oxygens (including phenoxy) is 2. The monoisotopic (exact) mass is 846 g/mol. The van der Waals surface area contributed by atoms with E-state index in [0.29, 0.717) is 23.3 Å². The van der Waals surface area contributed by atoms with E-state index < -0.39 is 5.41 Å². The van der Waals surface area contributed by atoms with Gasteiger partial charge in [-0.05, 0) is 134 Å². The average molecular weight is 847 g/mol. The Bertz CT molecular complexity index is 3490. The first-order valence-corrected chi connectivity index (χ1v) is 23.3. The van der Waals surface area contributed by atoms with Crippen LogP contribution in [0, 0.1) is 11.8 Å². The largest absolute Gasteiger partial charge is 0.449 e. The van der Waals surface area contributed by atoms with E-state index in [1.165, 1.54) is 90.4 Å². The smallest absolute Gasteiger partial charge is 0.172 e. The Balaban J connectivity index is 0.852. The van der Waals surface area contributed by atoms with Gasteiger partial charge in [-0.1, -0.05) is 146 Å². The van der Waals surface area contributed by atoms with Crippen LogP contribution in [0.3, 0.4) is 0 Å². The number of anilines is 3. The fraction of sp³-hybridized carbons (Fsp3) is 0.0968. The summed E-state index contributed by atoms with van der Waals surface area (Å²) < 4.78 is 14.0. The molecular formula is C62H42N2O2. The molecule has 0 radical (unpaired) electrons. The minimum absolute atomic E-state index is 0.223. The summed E-state index contributed by atoms with van der Waals surface area (Å²) in [6.45, 7) is 0. The summed E-state index contributed by atoms with van der Waals surface area (Å²) in [4.78, 5) is 5.01. The Kier molecular flexibility index (Phi) is 7.41. The number of hydrogen-bond donors (Lipinski definition) is 0. The number of rotatable bonds is 5. The van der Waals surface area contributed by atoms with Gasteiger partial charge in [-0.25, -0.2) is 0 Å². The summed E-state index contributed by atoms with van der Waals surface area (Å²) in [5, 5.41) is 0. The highest BCUT2D eigenvalue weighted by Crippen LogP contribution is 2.65. The van der Waals surface area contributed by atoms with E-state index in [4.69, 9.17) is 9.47 Å². The van der Waals surface area contributed by atoms with Crippen LogP contribution in [0.5, 0.6) is 23.0 Å². The Morgan fingerprint density at radius 2 is 1.14 bits per heavy atom. The van der Waals surface area contributed by atoms with Crippen LogP contribution in [0.2, 0.25) is 0 Å². The molecule has 312 valence electrons. The molecule has 2 aliphatic heterocycles. The van der Waals surface area contributed by atoms with Crippen molar-refractivity contribution in [3.05, 3.63) is 257 Å². The molecule has 3 atom stereocenters. The van der Waals surface area contributed by atoms with E-state index in [1.54, 1.807) is 0 Å². The summed E-state index contributed by atoms with van der Waals surface area (Å²) in [5.74, 6) is 4.34. The van der Waals surface area contributed by atoms with Gasteiger partial charge in [0.2, 0.25) is 0 Å². The molecule has 0 saturated heterocycles. The van der Waals surface area contributed by atoms with Crippen LogP contribution in [-0.2, 0) is 5.41 Å². The van der Waals surface area contributed by atoms with Gasteiger partial charge >= 0.3 is 0 Å². The number of nitrogens with zero attached hydrogens (tertiary/aromatic N) is 2. The summed E-state index contributed by atoms with van der Waals surface area (Å²) >= 11 is 0. The lowest BCUT2D eigenvalue weighted by Crippen LogP contribution is -2.26. The van der Waals surface area contributed by atoms with Crippen LogP contribution in [-0.4, -0.2) is 0 Å². The van der Waals surface area contributed by atoms with Crippen molar-refractivity contribution in [2.45, 2.75) is 24.2 Å². The Morgan fingerprint density at radius 3 is 1.94 bits per heavy atom. The van der Waals surface area contributed by atoms with Gasteiger partial charge in [0.05, 0.1) is 5.41 Å². The summed E-state index contributed by atoms with van der Waals surface area (Å²) in [6.07, 6.45) is 13.8. The minimum Gasteiger partial charge on any atom is -0.449 e. The van der Waals surface area contributed by atoms with Crippen LogP contribution in [0.15, 0.2) is 229 Å². The maximum atomic E-state index is 7.02. The van der Waals surface area contributed by atoms with Gasteiger partial charge in [0, 0.05) is 58.5 Å². The number of fused-ring (bicyclic) bond motifs is 16. The van der Waals surface area contributed by atoms with Crippen LogP contribution < -0.4 is 19.3 Å². The van der Waals surface area contributed by atoms with Crippen molar-refractivity contribution in [3.63, 3.8) is 0 Å². The lowest BCUT2D eigenvalue weighted by atomic mass is 9.70. The van der Waals surface area contributed by atoms with E-state index in [2.05, 4.69) is 222 Å². The van der Waals surface area contributed by atoms with Crippen molar-refractivity contribution in [2.75, 3.05) is 9.80 Å². The van der Waals surface area contributed by atoms with E-state index in [9.17, 15) is 0 Å². The second-order valence-corrected chi connectivity index (χ2v) is 18.7. The number of para-hydroxylation sites is 1. The summed E-state index contributed by atoms with van der Waals surface area (Å²) in [6, 6.07) is 66.3. The summed E-state index contributed by atoms with van der Waals surface area (Å²) in [5.41, 5.74) is 20.8. The van der Waals surface area contributed by atoms with Gasteiger partial charge < -0.3 is 19.3 Å². The molecule has 8 aromatic rings. The number of allylic oxidation sites excluding steroid dienone is 8.